The molecule has 0 radical (unpaired) electrons. The van der Waals surface area contributed by atoms with E-state index in [0.717, 1.165) is 39.3 Å². The number of ether oxygens (including phenoxy) is 2. The van der Waals surface area contributed by atoms with E-state index in [0.29, 0.717) is 29.0 Å². The summed E-state index contributed by atoms with van der Waals surface area (Å²) >= 11 is 1.79. The maximum atomic E-state index is 6.77. The molecule has 0 amide bonds. The highest BCUT2D eigenvalue weighted by Gasteiger charge is 2.37. The first kappa shape index (κ1) is 30.9. The molecule has 0 unspecified atom stereocenters. The summed E-state index contributed by atoms with van der Waals surface area (Å²) in [6.45, 7) is 4.55. The molecule has 0 spiro atoms. The zero-order valence-electron chi connectivity index (χ0n) is 29.5. The van der Waals surface area contributed by atoms with Gasteiger partial charge in [-0.25, -0.2) is 15.0 Å². The van der Waals surface area contributed by atoms with Crippen LogP contribution in [0.5, 0.6) is 23.0 Å². The van der Waals surface area contributed by atoms with Crippen molar-refractivity contribution in [2.24, 2.45) is 0 Å². The molecule has 0 N–H and O–H groups in total. The molecular formula is C48H31N3O2S. The van der Waals surface area contributed by atoms with Crippen LogP contribution in [0, 0.1) is 0 Å². The number of hydrogen-bond acceptors (Lipinski definition) is 6. The average molecular weight is 714 g/mol. The molecule has 2 aromatic heterocycles. The number of nitrogens with zero attached hydrogens (tertiary/aromatic N) is 3. The van der Waals surface area contributed by atoms with Gasteiger partial charge >= 0.3 is 0 Å². The van der Waals surface area contributed by atoms with Crippen LogP contribution in [0.1, 0.15) is 25.0 Å². The molecule has 0 saturated carbocycles. The SMILES string of the molecule is CC1(C)c2ccccc2-c2cc3c(cc21)Oc1c(cccc1-c1cccc(-c2nc(-c4ccccc4)nc(-c4ccc5c(c4)sc4ccccc45)n2)c1)O3. The highest BCUT2D eigenvalue weighted by atomic mass is 32.1. The first-order chi connectivity index (χ1) is 26.5. The van der Waals surface area contributed by atoms with Gasteiger partial charge in [0, 0.05) is 47.8 Å². The Labute approximate surface area is 316 Å². The van der Waals surface area contributed by atoms with Crippen LogP contribution in [0.15, 0.2) is 152 Å². The number of aromatic nitrogens is 3. The predicted octanol–water partition coefficient (Wildman–Crippen LogP) is 13.1. The second-order valence-corrected chi connectivity index (χ2v) is 15.5. The first-order valence-corrected chi connectivity index (χ1v) is 18.9. The predicted molar refractivity (Wildman–Crippen MR) is 219 cm³/mol. The van der Waals surface area contributed by atoms with Gasteiger partial charge in [0.2, 0.25) is 0 Å². The fraction of sp³-hybridized carbons (Fsp3) is 0.0625. The fourth-order valence-corrected chi connectivity index (χ4v) is 9.21. The minimum atomic E-state index is -0.149. The molecule has 1 aliphatic heterocycles. The van der Waals surface area contributed by atoms with E-state index in [9.17, 15) is 0 Å². The Bertz CT molecular complexity index is 2990. The summed E-state index contributed by atoms with van der Waals surface area (Å²) in [5, 5.41) is 2.50. The summed E-state index contributed by atoms with van der Waals surface area (Å²) < 4.78 is 15.8. The van der Waals surface area contributed by atoms with Crippen LogP contribution >= 0.6 is 11.3 Å². The smallest absolute Gasteiger partial charge is 0.177 e. The maximum absolute atomic E-state index is 6.77. The average Bonchev–Trinajstić information content (AvgIpc) is 3.70. The van der Waals surface area contributed by atoms with E-state index in [4.69, 9.17) is 24.4 Å². The molecule has 0 atom stereocenters. The molecule has 0 fully saturated rings. The van der Waals surface area contributed by atoms with E-state index in [-0.39, 0.29) is 5.41 Å². The third-order valence-corrected chi connectivity index (χ3v) is 11.9. The molecule has 9 aromatic rings. The van der Waals surface area contributed by atoms with Gasteiger partial charge in [-0.2, -0.15) is 0 Å². The van der Waals surface area contributed by atoms with Crippen molar-refractivity contribution >= 4 is 31.5 Å². The molecule has 7 aromatic carbocycles. The van der Waals surface area contributed by atoms with Gasteiger partial charge in [0.05, 0.1) is 0 Å². The standard InChI is InChI=1S/C48H31N3O2S/c1-48(2)37-19-8-6-16-33(37)36-26-40-41(27-38(36)48)53-44-32(18-11-20-39(44)52-40)29-14-10-15-30(24-29)46-49-45(28-12-4-3-5-13-28)50-47(51-46)31-22-23-35-34-17-7-9-21-42(34)54-43(35)25-31/h3-27H,1-2H3. The van der Waals surface area contributed by atoms with Gasteiger partial charge in [-0.3, -0.25) is 0 Å². The maximum Gasteiger partial charge on any atom is 0.177 e. The Morgan fingerprint density at radius 3 is 1.94 bits per heavy atom. The van der Waals surface area contributed by atoms with Gasteiger partial charge in [-0.15, -0.1) is 11.3 Å². The van der Waals surface area contributed by atoms with E-state index >= 15 is 0 Å². The van der Waals surface area contributed by atoms with E-state index in [2.05, 4.69) is 117 Å². The van der Waals surface area contributed by atoms with E-state index in [1.807, 2.05) is 48.5 Å². The summed E-state index contributed by atoms with van der Waals surface area (Å²) in [4.78, 5) is 15.2. The molecule has 11 rings (SSSR count). The number of hydrogen-bond donors (Lipinski definition) is 0. The highest BCUT2D eigenvalue weighted by Crippen LogP contribution is 2.56. The number of fused-ring (bicyclic) bond motifs is 8. The molecule has 1 aliphatic carbocycles. The van der Waals surface area contributed by atoms with Crippen molar-refractivity contribution < 1.29 is 9.47 Å². The topological polar surface area (TPSA) is 57.1 Å². The fourth-order valence-electron chi connectivity index (χ4n) is 8.07. The third-order valence-electron chi connectivity index (χ3n) is 10.8. The van der Waals surface area contributed by atoms with Crippen LogP contribution in [0.2, 0.25) is 0 Å². The lowest BCUT2D eigenvalue weighted by atomic mass is 9.82. The summed E-state index contributed by atoms with van der Waals surface area (Å²) in [7, 11) is 0. The van der Waals surface area contributed by atoms with Crippen LogP contribution in [0.3, 0.4) is 0 Å². The largest absolute Gasteiger partial charge is 0.449 e. The van der Waals surface area contributed by atoms with Gasteiger partial charge in [0.25, 0.3) is 0 Å². The van der Waals surface area contributed by atoms with Crippen molar-refractivity contribution in [1.82, 2.24) is 15.0 Å². The van der Waals surface area contributed by atoms with Gasteiger partial charge in [-0.1, -0.05) is 129 Å². The lowest BCUT2D eigenvalue weighted by molar-refractivity contribution is 0.360. The van der Waals surface area contributed by atoms with Gasteiger partial charge in [0.1, 0.15) is 0 Å². The summed E-state index contributed by atoms with van der Waals surface area (Å²) in [6.07, 6.45) is 0. The number of rotatable bonds is 4. The van der Waals surface area contributed by atoms with Crippen LogP contribution in [-0.4, -0.2) is 15.0 Å². The Morgan fingerprint density at radius 1 is 0.426 bits per heavy atom. The number of para-hydroxylation sites is 1. The zero-order valence-corrected chi connectivity index (χ0v) is 30.3. The molecule has 3 heterocycles. The van der Waals surface area contributed by atoms with Gasteiger partial charge in [0.15, 0.2) is 40.5 Å². The van der Waals surface area contributed by atoms with Crippen molar-refractivity contribution in [2.75, 3.05) is 0 Å². The van der Waals surface area contributed by atoms with Crippen molar-refractivity contribution in [3.05, 3.63) is 163 Å². The van der Waals surface area contributed by atoms with E-state index in [1.165, 1.54) is 42.4 Å². The van der Waals surface area contributed by atoms with Crippen LogP contribution in [0.4, 0.5) is 0 Å². The van der Waals surface area contributed by atoms with Crippen LogP contribution in [0.25, 0.3) is 76.6 Å². The molecule has 2 aliphatic rings. The molecular weight excluding hydrogens is 683 g/mol. The Kier molecular flexibility index (Phi) is 6.70. The molecule has 54 heavy (non-hydrogen) atoms. The van der Waals surface area contributed by atoms with Crippen LogP contribution < -0.4 is 9.47 Å². The zero-order chi connectivity index (χ0) is 36.0. The minimum absolute atomic E-state index is 0.149. The van der Waals surface area contributed by atoms with Crippen molar-refractivity contribution in [3.8, 4) is 79.4 Å². The normalized spacial score (nSPS) is 13.4. The number of benzene rings is 7. The highest BCUT2D eigenvalue weighted by molar-refractivity contribution is 7.25. The van der Waals surface area contributed by atoms with E-state index < -0.39 is 0 Å². The second-order valence-electron chi connectivity index (χ2n) is 14.4. The third kappa shape index (κ3) is 4.80. The first-order valence-electron chi connectivity index (χ1n) is 18.1. The Balaban J connectivity index is 1.00. The summed E-state index contributed by atoms with van der Waals surface area (Å²) in [5.74, 6) is 4.67. The summed E-state index contributed by atoms with van der Waals surface area (Å²) in [5.41, 5.74) is 9.50. The lowest BCUT2D eigenvalue weighted by Crippen LogP contribution is -2.15. The molecule has 0 saturated heterocycles. The van der Waals surface area contributed by atoms with Crippen LogP contribution in [-0.2, 0) is 5.41 Å². The Hall–Kier alpha value is -6.63. The van der Waals surface area contributed by atoms with E-state index in [1.54, 1.807) is 11.3 Å². The molecule has 256 valence electrons. The van der Waals surface area contributed by atoms with Gasteiger partial charge in [-0.05, 0) is 64.2 Å². The van der Waals surface area contributed by atoms with Gasteiger partial charge < -0.3 is 9.47 Å². The monoisotopic (exact) mass is 713 g/mol. The van der Waals surface area contributed by atoms with Crippen molar-refractivity contribution in [2.45, 2.75) is 19.3 Å². The lowest BCUT2D eigenvalue weighted by Gasteiger charge is -2.26. The quantitative estimate of drug-likeness (QED) is 0.182. The molecule has 0 bridgehead atoms. The van der Waals surface area contributed by atoms with Crippen molar-refractivity contribution in [1.29, 1.82) is 0 Å². The summed E-state index contributed by atoms with van der Waals surface area (Å²) in [6, 6.07) is 52.4. The molecule has 5 nitrogen and oxygen atoms in total. The molecule has 6 heteroatoms. The second kappa shape index (κ2) is 11.7. The van der Waals surface area contributed by atoms with Crippen molar-refractivity contribution in [3.63, 3.8) is 0 Å². The minimum Gasteiger partial charge on any atom is -0.449 e. The number of thiophene rings is 1. The Morgan fingerprint density at radius 2 is 1.07 bits per heavy atom.